The van der Waals surface area contributed by atoms with Crippen LogP contribution in [0.15, 0.2) is 54.6 Å². The molecular weight excluding hydrogens is 312 g/mol. The number of benzene rings is 2. The zero-order valence-electron chi connectivity index (χ0n) is 15.2. The average molecular weight is 338 g/mol. The lowest BCUT2D eigenvalue weighted by atomic mass is 9.95. The van der Waals surface area contributed by atoms with Crippen LogP contribution in [0.25, 0.3) is 0 Å². The molecule has 0 aliphatic rings. The predicted molar refractivity (Wildman–Crippen MR) is 101 cm³/mol. The molecule has 0 heterocycles. The van der Waals surface area contributed by atoms with Crippen LogP contribution in [0.4, 0.5) is 0 Å². The lowest BCUT2D eigenvalue weighted by Gasteiger charge is -2.14. The Morgan fingerprint density at radius 3 is 2.36 bits per heavy atom. The van der Waals surface area contributed by atoms with Crippen molar-refractivity contribution in [1.29, 1.82) is 0 Å². The van der Waals surface area contributed by atoms with Gasteiger partial charge >= 0.3 is 0 Å². The van der Waals surface area contributed by atoms with E-state index in [9.17, 15) is 9.59 Å². The Hall–Kier alpha value is -2.46. The van der Waals surface area contributed by atoms with Crippen LogP contribution in [-0.2, 0) is 4.79 Å². The largest absolute Gasteiger partial charge is 0.356 e. The van der Waals surface area contributed by atoms with Crippen LogP contribution in [-0.4, -0.2) is 43.8 Å². The van der Waals surface area contributed by atoms with Gasteiger partial charge in [-0.3, -0.25) is 9.59 Å². The van der Waals surface area contributed by atoms with Crippen LogP contribution in [0.2, 0.25) is 0 Å². The van der Waals surface area contributed by atoms with Crippen LogP contribution in [0.1, 0.15) is 40.7 Å². The van der Waals surface area contributed by atoms with Crippen molar-refractivity contribution >= 4 is 11.7 Å². The fourth-order valence-corrected chi connectivity index (χ4v) is 2.62. The third kappa shape index (κ3) is 5.54. The molecule has 0 bridgehead atoms. The summed E-state index contributed by atoms with van der Waals surface area (Å²) >= 11 is 0. The molecule has 132 valence electrons. The van der Waals surface area contributed by atoms with Crippen molar-refractivity contribution < 1.29 is 9.59 Å². The summed E-state index contributed by atoms with van der Waals surface area (Å²) < 4.78 is 0. The van der Waals surface area contributed by atoms with Gasteiger partial charge in [0, 0.05) is 17.7 Å². The van der Waals surface area contributed by atoms with E-state index in [1.54, 1.807) is 18.2 Å². The normalized spacial score (nSPS) is 12.0. The standard InChI is InChI=1S/C21H26N2O2/c1-16(21(25)22-13-8-14-23(2)3)18-11-7-12-19(15-18)20(24)17-9-5-4-6-10-17/h4-7,9-12,15-16H,8,13-14H2,1-3H3,(H,22,25)/t16-/m1/s1. The van der Waals surface area contributed by atoms with Gasteiger partial charge in [-0.1, -0.05) is 48.5 Å². The third-order valence-corrected chi connectivity index (χ3v) is 4.16. The van der Waals surface area contributed by atoms with Gasteiger partial charge in [-0.2, -0.15) is 0 Å². The molecule has 25 heavy (non-hydrogen) atoms. The van der Waals surface area contributed by atoms with E-state index in [1.807, 2.05) is 57.4 Å². The topological polar surface area (TPSA) is 49.4 Å². The number of nitrogens with one attached hydrogen (secondary N) is 1. The Kier molecular flexibility index (Phi) is 6.90. The van der Waals surface area contributed by atoms with Gasteiger partial charge in [0.05, 0.1) is 5.92 Å². The molecule has 0 saturated heterocycles. The molecule has 1 amide bonds. The van der Waals surface area contributed by atoms with Gasteiger partial charge in [-0.15, -0.1) is 0 Å². The molecule has 2 rings (SSSR count). The third-order valence-electron chi connectivity index (χ3n) is 4.16. The summed E-state index contributed by atoms with van der Waals surface area (Å²) in [6, 6.07) is 16.5. The van der Waals surface area contributed by atoms with Gasteiger partial charge in [0.1, 0.15) is 0 Å². The number of carbonyl (C=O) groups excluding carboxylic acids is 2. The van der Waals surface area contributed by atoms with E-state index in [0.29, 0.717) is 17.7 Å². The van der Waals surface area contributed by atoms with Crippen molar-refractivity contribution in [3.8, 4) is 0 Å². The summed E-state index contributed by atoms with van der Waals surface area (Å²) in [5.41, 5.74) is 2.11. The van der Waals surface area contributed by atoms with Gasteiger partial charge in [0.2, 0.25) is 5.91 Å². The van der Waals surface area contributed by atoms with Crippen molar-refractivity contribution in [1.82, 2.24) is 10.2 Å². The molecule has 0 aliphatic heterocycles. The van der Waals surface area contributed by atoms with Crippen LogP contribution < -0.4 is 5.32 Å². The van der Waals surface area contributed by atoms with Crippen molar-refractivity contribution in [3.05, 3.63) is 71.3 Å². The van der Waals surface area contributed by atoms with Gasteiger partial charge in [0.15, 0.2) is 5.78 Å². The summed E-state index contributed by atoms with van der Waals surface area (Å²) in [5.74, 6) is -0.327. The molecule has 4 nitrogen and oxygen atoms in total. The fraction of sp³-hybridized carbons (Fsp3) is 0.333. The number of rotatable bonds is 8. The minimum atomic E-state index is -0.289. The first-order valence-corrected chi connectivity index (χ1v) is 8.61. The SMILES string of the molecule is C[C@@H](C(=O)NCCCN(C)C)c1cccc(C(=O)c2ccccc2)c1. The number of hydrogen-bond donors (Lipinski definition) is 1. The second-order valence-corrected chi connectivity index (χ2v) is 6.49. The predicted octanol–water partition coefficient (Wildman–Crippen LogP) is 3.09. The van der Waals surface area contributed by atoms with Crippen LogP contribution in [0.3, 0.4) is 0 Å². The highest BCUT2D eigenvalue weighted by atomic mass is 16.1. The van der Waals surface area contributed by atoms with E-state index in [1.165, 1.54) is 0 Å². The summed E-state index contributed by atoms with van der Waals surface area (Å²) in [4.78, 5) is 27.0. The van der Waals surface area contributed by atoms with E-state index >= 15 is 0 Å². The summed E-state index contributed by atoms with van der Waals surface area (Å²) in [6.07, 6.45) is 0.915. The highest BCUT2D eigenvalue weighted by molar-refractivity contribution is 6.09. The number of hydrogen-bond acceptors (Lipinski definition) is 3. The summed E-state index contributed by atoms with van der Waals surface area (Å²) in [5, 5.41) is 2.97. The van der Waals surface area contributed by atoms with E-state index in [2.05, 4.69) is 10.2 Å². The molecule has 1 atom stereocenters. The molecule has 0 aliphatic carbocycles. The van der Waals surface area contributed by atoms with E-state index in [-0.39, 0.29) is 17.6 Å². The molecule has 0 spiro atoms. The summed E-state index contributed by atoms with van der Waals surface area (Å²) in [7, 11) is 4.03. The van der Waals surface area contributed by atoms with Crippen molar-refractivity contribution in [3.63, 3.8) is 0 Å². The van der Waals surface area contributed by atoms with Crippen LogP contribution in [0.5, 0.6) is 0 Å². The van der Waals surface area contributed by atoms with Crippen LogP contribution in [0, 0.1) is 0 Å². The Balaban J connectivity index is 2.02. The van der Waals surface area contributed by atoms with E-state index < -0.39 is 0 Å². The zero-order chi connectivity index (χ0) is 18.2. The fourth-order valence-electron chi connectivity index (χ4n) is 2.62. The Morgan fingerprint density at radius 2 is 1.68 bits per heavy atom. The number of carbonyl (C=O) groups is 2. The quantitative estimate of drug-likeness (QED) is 0.594. The molecule has 0 saturated carbocycles. The highest BCUT2D eigenvalue weighted by Crippen LogP contribution is 2.19. The first kappa shape index (κ1) is 18.9. The first-order chi connectivity index (χ1) is 12.0. The molecular formula is C21H26N2O2. The molecule has 2 aromatic carbocycles. The zero-order valence-corrected chi connectivity index (χ0v) is 15.2. The van der Waals surface area contributed by atoms with Crippen LogP contribution >= 0.6 is 0 Å². The Bertz CT molecular complexity index is 711. The molecule has 0 radical (unpaired) electrons. The number of nitrogens with zero attached hydrogens (tertiary/aromatic N) is 1. The van der Waals surface area contributed by atoms with Gasteiger partial charge in [-0.25, -0.2) is 0 Å². The van der Waals surface area contributed by atoms with Crippen molar-refractivity contribution in [2.45, 2.75) is 19.3 Å². The Labute approximate surface area is 149 Å². The van der Waals surface area contributed by atoms with Gasteiger partial charge in [-0.05, 0) is 45.6 Å². The molecule has 0 unspecified atom stereocenters. The molecule has 2 aromatic rings. The number of ketones is 1. The monoisotopic (exact) mass is 338 g/mol. The lowest BCUT2D eigenvalue weighted by Crippen LogP contribution is -2.30. The maximum atomic E-state index is 12.6. The minimum Gasteiger partial charge on any atom is -0.356 e. The maximum Gasteiger partial charge on any atom is 0.227 e. The van der Waals surface area contributed by atoms with Gasteiger partial charge in [0.25, 0.3) is 0 Å². The summed E-state index contributed by atoms with van der Waals surface area (Å²) in [6.45, 7) is 3.47. The number of amides is 1. The average Bonchev–Trinajstić information content (AvgIpc) is 2.64. The minimum absolute atomic E-state index is 0.0110. The van der Waals surface area contributed by atoms with Crippen molar-refractivity contribution in [2.24, 2.45) is 0 Å². The molecule has 1 N–H and O–H groups in total. The molecule has 0 fully saturated rings. The second kappa shape index (κ2) is 9.14. The van der Waals surface area contributed by atoms with Gasteiger partial charge < -0.3 is 10.2 Å². The Morgan fingerprint density at radius 1 is 1.00 bits per heavy atom. The second-order valence-electron chi connectivity index (χ2n) is 6.49. The van der Waals surface area contributed by atoms with Crippen molar-refractivity contribution in [2.75, 3.05) is 27.2 Å². The van der Waals surface area contributed by atoms with E-state index in [0.717, 1.165) is 18.5 Å². The molecule has 0 aromatic heterocycles. The highest BCUT2D eigenvalue weighted by Gasteiger charge is 2.17. The lowest BCUT2D eigenvalue weighted by molar-refractivity contribution is -0.122. The first-order valence-electron chi connectivity index (χ1n) is 8.61. The maximum absolute atomic E-state index is 12.6. The van der Waals surface area contributed by atoms with E-state index in [4.69, 9.17) is 0 Å². The smallest absolute Gasteiger partial charge is 0.227 e. The molecule has 4 heteroatoms.